The number of anilines is 1. The minimum absolute atomic E-state index is 0.0261. The first kappa shape index (κ1) is 32.3. The van der Waals surface area contributed by atoms with E-state index in [0.717, 1.165) is 4.31 Å². The molecule has 234 valence electrons. The number of amides is 1. The summed E-state index contributed by atoms with van der Waals surface area (Å²) in [5.41, 5.74) is 0.621. The zero-order valence-corrected chi connectivity index (χ0v) is 26.3. The molecule has 13 nitrogen and oxygen atoms in total. The number of aliphatic hydroxyl groups excluding tert-OH is 1. The third-order valence-electron chi connectivity index (χ3n) is 7.33. The molecular formula is C28H37N5O8S2. The smallest absolute Gasteiger partial charge is 0.261 e. The van der Waals surface area contributed by atoms with Gasteiger partial charge in [-0.15, -0.1) is 0 Å². The molecule has 1 amide bonds. The molecule has 0 unspecified atom stereocenters. The first-order valence-corrected chi connectivity index (χ1v) is 16.5. The van der Waals surface area contributed by atoms with Crippen molar-refractivity contribution in [3.05, 3.63) is 60.6 Å². The number of hydrogen-bond acceptors (Lipinski definition) is 9. The van der Waals surface area contributed by atoms with Gasteiger partial charge in [-0.1, -0.05) is 6.92 Å². The van der Waals surface area contributed by atoms with Gasteiger partial charge in [-0.25, -0.2) is 21.8 Å². The second-order valence-corrected chi connectivity index (χ2v) is 14.3. The number of nitrogens with one attached hydrogen (secondary N) is 1. The van der Waals surface area contributed by atoms with E-state index in [-0.39, 0.29) is 53.6 Å². The number of carbonyl (C=O) groups excluding carboxylic acids is 1. The Morgan fingerprint density at radius 1 is 1.19 bits per heavy atom. The van der Waals surface area contributed by atoms with Gasteiger partial charge >= 0.3 is 0 Å². The van der Waals surface area contributed by atoms with Crippen LogP contribution in [0.1, 0.15) is 19.4 Å². The Balaban J connectivity index is 1.67. The average Bonchev–Trinajstić information content (AvgIpc) is 3.43. The van der Waals surface area contributed by atoms with Crippen LogP contribution in [-0.2, 0) is 38.3 Å². The summed E-state index contributed by atoms with van der Waals surface area (Å²) in [6.45, 7) is 3.44. The van der Waals surface area contributed by atoms with Crippen LogP contribution in [0.15, 0.2) is 64.9 Å². The van der Waals surface area contributed by atoms with Crippen LogP contribution in [0.2, 0.25) is 0 Å². The summed E-state index contributed by atoms with van der Waals surface area (Å²) < 4.78 is 69.3. The number of fused-ring (bicyclic) bond motifs is 1. The quantitative estimate of drug-likeness (QED) is 0.338. The van der Waals surface area contributed by atoms with E-state index in [1.807, 2.05) is 6.92 Å². The number of nitrogens with zero attached hydrogens (tertiary/aromatic N) is 4. The van der Waals surface area contributed by atoms with Gasteiger partial charge in [-0.2, -0.15) is 4.31 Å². The highest BCUT2D eigenvalue weighted by atomic mass is 32.2. The Labute approximate surface area is 252 Å². The molecule has 0 saturated heterocycles. The third-order valence-corrected chi connectivity index (χ3v) is 10.4. The molecule has 0 aliphatic carbocycles. The van der Waals surface area contributed by atoms with Gasteiger partial charge in [-0.05, 0) is 49.4 Å². The van der Waals surface area contributed by atoms with Crippen molar-refractivity contribution in [1.82, 2.24) is 18.8 Å². The fraction of sp³-hybridized carbons (Fsp3) is 0.429. The molecule has 3 aromatic rings. The fourth-order valence-corrected chi connectivity index (χ4v) is 6.90. The summed E-state index contributed by atoms with van der Waals surface area (Å²) in [6, 6.07) is 10.0. The molecule has 2 heterocycles. The number of benzene rings is 2. The van der Waals surface area contributed by atoms with E-state index in [0.29, 0.717) is 17.1 Å². The number of hydrogen-bond donors (Lipinski definition) is 2. The highest BCUT2D eigenvalue weighted by molar-refractivity contribution is 7.92. The number of aromatic nitrogens is 2. The summed E-state index contributed by atoms with van der Waals surface area (Å²) in [7, 11) is -3.31. The van der Waals surface area contributed by atoms with Crippen molar-refractivity contribution in [1.29, 1.82) is 0 Å². The monoisotopic (exact) mass is 635 g/mol. The van der Waals surface area contributed by atoms with Gasteiger partial charge in [-0.3, -0.25) is 9.52 Å². The minimum atomic E-state index is -3.96. The Bertz CT molecular complexity index is 1660. The van der Waals surface area contributed by atoms with Gasteiger partial charge in [0.1, 0.15) is 17.6 Å². The maximum absolute atomic E-state index is 13.5. The van der Waals surface area contributed by atoms with Crippen LogP contribution >= 0.6 is 0 Å². The fourth-order valence-electron chi connectivity index (χ4n) is 4.71. The van der Waals surface area contributed by atoms with Crippen LogP contribution in [0.3, 0.4) is 0 Å². The molecule has 4 rings (SSSR count). The molecule has 2 N–H and O–H groups in total. The van der Waals surface area contributed by atoms with Crippen molar-refractivity contribution in [2.75, 3.05) is 38.6 Å². The zero-order valence-electron chi connectivity index (χ0n) is 24.7. The van der Waals surface area contributed by atoms with Gasteiger partial charge < -0.3 is 24.0 Å². The lowest BCUT2D eigenvalue weighted by molar-refractivity contribution is -0.134. The molecular weight excluding hydrogens is 598 g/mol. The van der Waals surface area contributed by atoms with Crippen LogP contribution in [0, 0.1) is 5.92 Å². The lowest BCUT2D eigenvalue weighted by atomic mass is 10.0. The largest absolute Gasteiger partial charge is 0.497 e. The van der Waals surface area contributed by atoms with Crippen LogP contribution < -0.4 is 14.2 Å². The first-order valence-electron chi connectivity index (χ1n) is 13.6. The predicted octanol–water partition coefficient (Wildman–Crippen LogP) is 1.70. The molecule has 0 bridgehead atoms. The maximum atomic E-state index is 13.5. The molecule has 1 aromatic heterocycles. The second kappa shape index (κ2) is 12.9. The predicted molar refractivity (Wildman–Crippen MR) is 159 cm³/mol. The number of carbonyl (C=O) groups is 1. The van der Waals surface area contributed by atoms with Crippen LogP contribution in [-0.4, -0.2) is 92.6 Å². The summed E-state index contributed by atoms with van der Waals surface area (Å²) >= 11 is 0. The van der Waals surface area contributed by atoms with Crippen molar-refractivity contribution in [2.24, 2.45) is 13.0 Å². The lowest BCUT2D eigenvalue weighted by Gasteiger charge is -2.33. The molecule has 43 heavy (non-hydrogen) atoms. The SMILES string of the molecule is COc1ccc(S(=O)(=O)Nc2ccc3c(c2)CC(=O)N([C@H](C)CO)C[C@H](C)[C@H](CN(C)S(=O)(=O)c2cn(C)cn2)O3)cc1. The van der Waals surface area contributed by atoms with Crippen molar-refractivity contribution in [3.8, 4) is 11.5 Å². The molecule has 3 atom stereocenters. The Kier molecular flexibility index (Phi) is 9.69. The molecule has 0 fully saturated rings. The van der Waals surface area contributed by atoms with E-state index >= 15 is 0 Å². The molecule has 0 saturated carbocycles. The van der Waals surface area contributed by atoms with E-state index in [4.69, 9.17) is 9.47 Å². The van der Waals surface area contributed by atoms with Crippen molar-refractivity contribution < 1.29 is 36.2 Å². The molecule has 1 aliphatic heterocycles. The number of sulfonamides is 2. The lowest BCUT2D eigenvalue weighted by Crippen LogP contribution is -2.48. The normalized spacial score (nSPS) is 18.7. The number of rotatable bonds is 10. The third kappa shape index (κ3) is 7.29. The summed E-state index contributed by atoms with van der Waals surface area (Å²) in [5.74, 6) is 0.192. The van der Waals surface area contributed by atoms with Crippen LogP contribution in [0.4, 0.5) is 5.69 Å². The van der Waals surface area contributed by atoms with Gasteiger partial charge in [0.05, 0.1) is 43.9 Å². The number of aryl methyl sites for hydroxylation is 1. The molecule has 1 aliphatic rings. The molecule has 15 heteroatoms. The number of imidazole rings is 1. The Morgan fingerprint density at radius 2 is 1.88 bits per heavy atom. The van der Waals surface area contributed by atoms with E-state index in [1.165, 1.54) is 72.5 Å². The number of aliphatic hydroxyl groups is 1. The van der Waals surface area contributed by atoms with Gasteiger partial charge in [0, 0.05) is 44.0 Å². The molecule has 0 radical (unpaired) electrons. The Morgan fingerprint density at radius 3 is 2.49 bits per heavy atom. The summed E-state index contributed by atoms with van der Waals surface area (Å²) in [5, 5.41) is 9.77. The van der Waals surface area contributed by atoms with Gasteiger partial charge in [0.25, 0.3) is 20.0 Å². The number of methoxy groups -OCH3 is 1. The van der Waals surface area contributed by atoms with Crippen molar-refractivity contribution >= 4 is 31.6 Å². The number of ether oxygens (including phenoxy) is 2. The maximum Gasteiger partial charge on any atom is 0.261 e. The average molecular weight is 636 g/mol. The zero-order chi connectivity index (χ0) is 31.5. The topological polar surface area (TPSA) is 160 Å². The summed E-state index contributed by atoms with van der Waals surface area (Å²) in [6.07, 6.45) is 1.98. The molecule has 2 aromatic carbocycles. The molecule has 0 spiro atoms. The van der Waals surface area contributed by atoms with Crippen LogP contribution in [0.25, 0.3) is 0 Å². The van der Waals surface area contributed by atoms with E-state index in [9.17, 15) is 26.7 Å². The van der Waals surface area contributed by atoms with Crippen molar-refractivity contribution in [2.45, 2.75) is 42.3 Å². The van der Waals surface area contributed by atoms with E-state index < -0.39 is 32.2 Å². The number of likely N-dealkylation sites (N-methyl/N-ethyl adjacent to an activating group) is 1. The van der Waals surface area contributed by atoms with Gasteiger partial charge in [0.2, 0.25) is 5.91 Å². The van der Waals surface area contributed by atoms with Crippen LogP contribution in [0.5, 0.6) is 11.5 Å². The summed E-state index contributed by atoms with van der Waals surface area (Å²) in [4.78, 5) is 19.0. The Hall–Kier alpha value is -3.66. The van der Waals surface area contributed by atoms with Gasteiger partial charge in [0.15, 0.2) is 5.03 Å². The first-order chi connectivity index (χ1) is 20.2. The highest BCUT2D eigenvalue weighted by Gasteiger charge is 2.34. The highest BCUT2D eigenvalue weighted by Crippen LogP contribution is 2.31. The van der Waals surface area contributed by atoms with E-state index in [2.05, 4.69) is 9.71 Å². The second-order valence-electron chi connectivity index (χ2n) is 10.7. The standard InChI is InChI=1S/C28H37N5O8S2/c1-19-14-33(20(2)17-34)28(35)13-21-12-22(30-42(36,37)24-9-7-23(40-5)8-10-24)6-11-25(21)41-26(19)15-32(4)43(38,39)27-16-31(3)18-29-27/h6-12,16,18-20,26,30,34H,13-15,17H2,1-5H3/t19-,20+,26-/m0/s1. The minimum Gasteiger partial charge on any atom is -0.497 e. The van der Waals surface area contributed by atoms with E-state index in [1.54, 1.807) is 20.0 Å². The van der Waals surface area contributed by atoms with Crippen molar-refractivity contribution in [3.63, 3.8) is 0 Å².